The van der Waals surface area contributed by atoms with E-state index >= 15 is 0 Å². The van der Waals surface area contributed by atoms with E-state index < -0.39 is 24.6 Å². The first-order valence-corrected chi connectivity index (χ1v) is 14.6. The second kappa shape index (κ2) is 13.9. The van der Waals surface area contributed by atoms with Crippen molar-refractivity contribution in [2.24, 2.45) is 0 Å². The van der Waals surface area contributed by atoms with Crippen molar-refractivity contribution in [1.82, 2.24) is 9.88 Å². The zero-order valence-electron chi connectivity index (χ0n) is 23.8. The molecule has 0 aliphatic heterocycles. The molecule has 0 saturated heterocycles. The Kier molecular flexibility index (Phi) is 10.3. The lowest BCUT2D eigenvalue weighted by molar-refractivity contribution is -0.307. The first-order chi connectivity index (χ1) is 19.7. The average Bonchev–Trinajstić information content (AvgIpc) is 3.28. The number of nitrogens with zero attached hydrogens (tertiary/aromatic N) is 1. The number of aliphatic hydroxyl groups excluding tert-OH is 2. The lowest BCUT2D eigenvalue weighted by Gasteiger charge is -2.24. The number of rotatable bonds is 12. The van der Waals surface area contributed by atoms with Gasteiger partial charge in [-0.25, -0.2) is 4.39 Å². The third-order valence-corrected chi connectivity index (χ3v) is 7.83. The van der Waals surface area contributed by atoms with E-state index in [1.54, 1.807) is 12.1 Å². The first kappa shape index (κ1) is 30.5. The molecular weight excluding hydrogens is 523 g/mol. The molecule has 8 heteroatoms. The highest BCUT2D eigenvalue weighted by atomic mass is 19.1. The molecular formula is C33H40FN2O5-. The van der Waals surface area contributed by atoms with Gasteiger partial charge in [0.2, 0.25) is 0 Å². The summed E-state index contributed by atoms with van der Waals surface area (Å²) in [6.07, 6.45) is 2.55. The van der Waals surface area contributed by atoms with E-state index in [0.29, 0.717) is 12.1 Å². The highest BCUT2D eigenvalue weighted by Gasteiger charge is 2.31. The maximum absolute atomic E-state index is 14.1. The average molecular weight is 564 g/mol. The van der Waals surface area contributed by atoms with Crippen molar-refractivity contribution in [3.05, 3.63) is 71.7 Å². The van der Waals surface area contributed by atoms with Gasteiger partial charge in [-0.3, -0.25) is 4.79 Å². The number of carbonyl (C=O) groups excluding carboxylic acids is 2. The maximum atomic E-state index is 14.1. The van der Waals surface area contributed by atoms with Gasteiger partial charge in [-0.2, -0.15) is 0 Å². The molecule has 4 rings (SSSR count). The number of aliphatic hydroxyl groups is 2. The summed E-state index contributed by atoms with van der Waals surface area (Å²) in [5, 5.41) is 34.9. The fourth-order valence-corrected chi connectivity index (χ4v) is 5.98. The highest BCUT2D eigenvalue weighted by molar-refractivity contribution is 6.06. The van der Waals surface area contributed by atoms with Crippen LogP contribution >= 0.6 is 0 Å². The van der Waals surface area contributed by atoms with Gasteiger partial charge in [0.1, 0.15) is 5.82 Å². The molecule has 1 aliphatic carbocycles. The molecule has 220 valence electrons. The largest absolute Gasteiger partial charge is 0.550 e. The Labute approximate surface area is 241 Å². The SMILES string of the molecule is CC(C)c1c(C(=O)NC2CCCCC2)c(-c2ccccc2)c(-c2ccc(F)cc2)n1CC[C@@H](O)C[C@@H](O)CC(=O)[O-]. The number of aromatic nitrogens is 1. The van der Waals surface area contributed by atoms with Crippen LogP contribution in [0.4, 0.5) is 4.39 Å². The van der Waals surface area contributed by atoms with Crippen LogP contribution in [0.15, 0.2) is 54.6 Å². The third-order valence-electron chi connectivity index (χ3n) is 7.83. The van der Waals surface area contributed by atoms with Crippen molar-refractivity contribution in [2.75, 3.05) is 0 Å². The number of carboxylic acid groups (broad SMARTS) is 1. The summed E-state index contributed by atoms with van der Waals surface area (Å²) in [5.74, 6) is -1.97. The van der Waals surface area contributed by atoms with Gasteiger partial charge in [-0.05, 0) is 67.0 Å². The van der Waals surface area contributed by atoms with E-state index in [1.165, 1.54) is 18.6 Å². The lowest BCUT2D eigenvalue weighted by Crippen LogP contribution is -2.36. The predicted octanol–water partition coefficient (Wildman–Crippen LogP) is 4.79. The highest BCUT2D eigenvalue weighted by Crippen LogP contribution is 2.42. The quantitative estimate of drug-likeness (QED) is 0.293. The number of halogens is 1. The van der Waals surface area contributed by atoms with Crippen LogP contribution in [0.25, 0.3) is 22.4 Å². The van der Waals surface area contributed by atoms with Crippen LogP contribution in [0.5, 0.6) is 0 Å². The summed E-state index contributed by atoms with van der Waals surface area (Å²) in [7, 11) is 0. The normalized spacial score (nSPS) is 15.6. The van der Waals surface area contributed by atoms with Crippen molar-refractivity contribution >= 4 is 11.9 Å². The van der Waals surface area contributed by atoms with Crippen molar-refractivity contribution < 1.29 is 29.3 Å². The number of benzene rings is 2. The van der Waals surface area contributed by atoms with Crippen LogP contribution in [-0.2, 0) is 11.3 Å². The van der Waals surface area contributed by atoms with Gasteiger partial charge < -0.3 is 30.0 Å². The van der Waals surface area contributed by atoms with Crippen LogP contribution in [0.1, 0.15) is 87.2 Å². The molecule has 1 aliphatic rings. The van der Waals surface area contributed by atoms with Crippen LogP contribution in [0, 0.1) is 5.82 Å². The summed E-state index contributed by atoms with van der Waals surface area (Å²) in [5.41, 5.74) is 4.46. The van der Waals surface area contributed by atoms with Gasteiger partial charge >= 0.3 is 0 Å². The van der Waals surface area contributed by atoms with Crippen LogP contribution < -0.4 is 10.4 Å². The Morgan fingerprint density at radius 3 is 2.24 bits per heavy atom. The summed E-state index contributed by atoms with van der Waals surface area (Å²) in [6, 6.07) is 15.9. The first-order valence-electron chi connectivity index (χ1n) is 14.6. The van der Waals surface area contributed by atoms with E-state index in [9.17, 15) is 29.3 Å². The minimum atomic E-state index is -1.38. The third kappa shape index (κ3) is 7.63. The molecule has 0 spiro atoms. The van der Waals surface area contributed by atoms with Crippen molar-refractivity contribution in [3.63, 3.8) is 0 Å². The molecule has 3 N–H and O–H groups in total. The number of hydrogen-bond donors (Lipinski definition) is 3. The lowest BCUT2D eigenvalue weighted by atomic mass is 9.92. The Morgan fingerprint density at radius 2 is 1.63 bits per heavy atom. The summed E-state index contributed by atoms with van der Waals surface area (Å²) < 4.78 is 16.1. The molecule has 3 aromatic rings. The fourth-order valence-electron chi connectivity index (χ4n) is 5.98. The second-order valence-corrected chi connectivity index (χ2v) is 11.4. The zero-order valence-corrected chi connectivity index (χ0v) is 23.8. The number of aliphatic carboxylic acids is 1. The van der Waals surface area contributed by atoms with E-state index in [0.717, 1.165) is 53.8 Å². The molecule has 0 bridgehead atoms. The molecule has 1 aromatic heterocycles. The van der Waals surface area contributed by atoms with E-state index in [4.69, 9.17) is 0 Å². The van der Waals surface area contributed by atoms with Gasteiger partial charge in [0, 0.05) is 36.2 Å². The smallest absolute Gasteiger partial charge is 0.253 e. The van der Waals surface area contributed by atoms with Gasteiger partial charge in [0.15, 0.2) is 0 Å². The maximum Gasteiger partial charge on any atom is 0.253 e. The monoisotopic (exact) mass is 563 g/mol. The summed E-state index contributed by atoms with van der Waals surface area (Å²) in [4.78, 5) is 25.0. The van der Waals surface area contributed by atoms with Crippen molar-refractivity contribution in [3.8, 4) is 22.4 Å². The number of amides is 1. The van der Waals surface area contributed by atoms with E-state index in [-0.39, 0.29) is 36.5 Å². The van der Waals surface area contributed by atoms with Gasteiger partial charge in [-0.1, -0.05) is 63.4 Å². The Balaban J connectivity index is 1.85. The molecule has 0 unspecified atom stereocenters. The topological polar surface area (TPSA) is 115 Å². The van der Waals surface area contributed by atoms with Crippen molar-refractivity contribution in [1.29, 1.82) is 0 Å². The standard InChI is InChI=1S/C33H41FN2O5/c1-21(2)31-30(33(41)35-25-11-7-4-8-12-25)29(22-9-5-3-6-10-22)32(23-13-15-24(34)16-14-23)36(31)18-17-26(37)19-27(38)20-28(39)40/h3,5-6,9-10,13-16,21,25-27,37-38H,4,7-8,11-12,17-20H2,1-2H3,(H,35,41)(H,39,40)/p-1/t26-,27-/m1/s1. The second-order valence-electron chi connectivity index (χ2n) is 11.4. The summed E-state index contributed by atoms with van der Waals surface area (Å²) >= 11 is 0. The fraction of sp³-hybridized carbons (Fsp3) is 0.455. The van der Waals surface area contributed by atoms with Crippen LogP contribution in [0.2, 0.25) is 0 Å². The minimum absolute atomic E-state index is 0.0698. The molecule has 2 aromatic carbocycles. The van der Waals surface area contributed by atoms with Crippen molar-refractivity contribution in [2.45, 2.75) is 95.9 Å². The number of nitrogens with one attached hydrogen (secondary N) is 1. The number of carboxylic acids is 1. The molecule has 2 atom stereocenters. The number of carbonyl (C=O) groups is 2. The van der Waals surface area contributed by atoms with E-state index in [2.05, 4.69) is 5.32 Å². The number of hydrogen-bond acceptors (Lipinski definition) is 5. The van der Waals surface area contributed by atoms with Crippen LogP contribution in [-0.4, -0.2) is 44.9 Å². The molecule has 1 saturated carbocycles. The van der Waals surface area contributed by atoms with Crippen LogP contribution in [0.3, 0.4) is 0 Å². The molecule has 1 heterocycles. The van der Waals surface area contributed by atoms with Gasteiger partial charge in [0.25, 0.3) is 5.91 Å². The predicted molar refractivity (Wildman–Crippen MR) is 155 cm³/mol. The van der Waals surface area contributed by atoms with Gasteiger partial charge in [0.05, 0.1) is 23.5 Å². The Bertz CT molecular complexity index is 1310. The van der Waals surface area contributed by atoms with E-state index in [1.807, 2.05) is 48.7 Å². The van der Waals surface area contributed by atoms with Gasteiger partial charge in [-0.15, -0.1) is 0 Å². The summed E-state index contributed by atoms with van der Waals surface area (Å²) in [6.45, 7) is 4.34. The molecule has 1 fully saturated rings. The molecule has 1 amide bonds. The molecule has 0 radical (unpaired) electrons. The molecule has 41 heavy (non-hydrogen) atoms. The Hall–Kier alpha value is -3.49. The Morgan fingerprint density at radius 1 is 0.976 bits per heavy atom. The minimum Gasteiger partial charge on any atom is -0.550 e. The zero-order chi connectivity index (χ0) is 29.5. The molecule has 7 nitrogen and oxygen atoms in total.